The van der Waals surface area contributed by atoms with E-state index in [4.69, 9.17) is 4.74 Å². The maximum Gasteiger partial charge on any atom is 0.272 e. The number of nitrogens with one attached hydrogen (secondary N) is 2. The molecule has 1 heterocycles. The van der Waals surface area contributed by atoms with Gasteiger partial charge in [0.2, 0.25) is 0 Å². The van der Waals surface area contributed by atoms with E-state index in [0.717, 1.165) is 36.5 Å². The Hall–Kier alpha value is -1.49. The zero-order valence-corrected chi connectivity index (χ0v) is 19.2. The van der Waals surface area contributed by atoms with E-state index in [1.165, 1.54) is 4.88 Å². The molecule has 0 saturated carbocycles. The summed E-state index contributed by atoms with van der Waals surface area (Å²) in [5.41, 5.74) is 0.895. The number of halogens is 3. The Labute approximate surface area is 186 Å². The molecule has 9 heteroatoms. The summed E-state index contributed by atoms with van der Waals surface area (Å²) >= 11 is 1.74. The second-order valence-corrected chi connectivity index (χ2v) is 7.00. The minimum atomic E-state index is -2.48. The average Bonchev–Trinajstić information content (AvgIpc) is 3.13. The number of thiazole rings is 1. The van der Waals surface area contributed by atoms with Crippen LogP contribution in [0.1, 0.15) is 29.3 Å². The van der Waals surface area contributed by atoms with Gasteiger partial charge in [-0.2, -0.15) is 0 Å². The van der Waals surface area contributed by atoms with Gasteiger partial charge in [-0.15, -0.1) is 35.3 Å². The van der Waals surface area contributed by atoms with Crippen LogP contribution in [0.25, 0.3) is 0 Å². The van der Waals surface area contributed by atoms with Crippen LogP contribution in [0.5, 0.6) is 5.75 Å². The number of ether oxygens (including phenoxy) is 1. The largest absolute Gasteiger partial charge is 0.488 e. The van der Waals surface area contributed by atoms with Gasteiger partial charge in [-0.25, -0.2) is 18.8 Å². The number of aryl methyl sites for hydroxylation is 1. The third kappa shape index (κ3) is 9.13. The van der Waals surface area contributed by atoms with Crippen molar-refractivity contribution in [2.45, 2.75) is 39.7 Å². The van der Waals surface area contributed by atoms with Crippen molar-refractivity contribution >= 4 is 41.3 Å². The number of hydrogen-bond acceptors (Lipinski definition) is 4. The van der Waals surface area contributed by atoms with Crippen LogP contribution in [0.3, 0.4) is 0 Å². The third-order valence-electron chi connectivity index (χ3n) is 3.62. The van der Waals surface area contributed by atoms with E-state index in [9.17, 15) is 8.78 Å². The molecule has 156 valence electrons. The number of hydrogen-bond donors (Lipinski definition) is 2. The number of benzene rings is 1. The van der Waals surface area contributed by atoms with E-state index in [1.54, 1.807) is 29.5 Å². The molecule has 2 aromatic rings. The summed E-state index contributed by atoms with van der Waals surface area (Å²) in [5.74, 6) is 1.14. The van der Waals surface area contributed by atoms with Gasteiger partial charge >= 0.3 is 0 Å². The molecule has 0 bridgehead atoms. The fourth-order valence-electron chi connectivity index (χ4n) is 2.32. The van der Waals surface area contributed by atoms with Crippen molar-refractivity contribution in [3.63, 3.8) is 0 Å². The summed E-state index contributed by atoms with van der Waals surface area (Å²) in [4.78, 5) is 10.3. The molecule has 0 unspecified atom stereocenters. The van der Waals surface area contributed by atoms with E-state index < -0.39 is 13.0 Å². The standard InChI is InChI=1S/C19H26F2N4OS.HI/c1-3-16-12-24-18(27-16)8-9-23-19(22-4-2)25-11-14-6-5-7-15(10-14)26-13-17(20)21;/h5-7,10,12,17H,3-4,8-9,11,13H2,1-2H3,(H2,22,23,25);1H. The van der Waals surface area contributed by atoms with Crippen molar-refractivity contribution in [2.75, 3.05) is 19.7 Å². The molecule has 0 aliphatic heterocycles. The zero-order valence-electron chi connectivity index (χ0n) is 16.1. The van der Waals surface area contributed by atoms with Gasteiger partial charge in [0.15, 0.2) is 5.96 Å². The topological polar surface area (TPSA) is 58.5 Å². The molecule has 0 aliphatic rings. The molecule has 0 atom stereocenters. The van der Waals surface area contributed by atoms with Crippen molar-refractivity contribution in [1.29, 1.82) is 0 Å². The quantitative estimate of drug-likeness (QED) is 0.277. The summed E-state index contributed by atoms with van der Waals surface area (Å²) in [5, 5.41) is 7.61. The minimum Gasteiger partial charge on any atom is -0.488 e. The van der Waals surface area contributed by atoms with Crippen molar-refractivity contribution in [2.24, 2.45) is 4.99 Å². The average molecular weight is 524 g/mol. The monoisotopic (exact) mass is 524 g/mol. The second kappa shape index (κ2) is 13.6. The first kappa shape index (κ1) is 24.5. The molecule has 0 spiro atoms. The van der Waals surface area contributed by atoms with Crippen LogP contribution in [0, 0.1) is 0 Å². The highest BCUT2D eigenvalue weighted by Crippen LogP contribution is 2.15. The van der Waals surface area contributed by atoms with Crippen LogP contribution in [0.4, 0.5) is 8.78 Å². The van der Waals surface area contributed by atoms with Crippen molar-refractivity contribution in [1.82, 2.24) is 15.6 Å². The molecule has 0 saturated heterocycles. The number of aromatic nitrogens is 1. The molecule has 1 aromatic carbocycles. The summed E-state index contributed by atoms with van der Waals surface area (Å²) in [6, 6.07) is 7.07. The summed E-state index contributed by atoms with van der Waals surface area (Å²) in [6.45, 7) is 5.44. The van der Waals surface area contributed by atoms with Gasteiger partial charge in [0.1, 0.15) is 12.4 Å². The first-order valence-electron chi connectivity index (χ1n) is 9.06. The van der Waals surface area contributed by atoms with Gasteiger partial charge in [-0.3, -0.25) is 0 Å². The Morgan fingerprint density at radius 1 is 1.29 bits per heavy atom. The lowest BCUT2D eigenvalue weighted by Gasteiger charge is -2.11. The van der Waals surface area contributed by atoms with Gasteiger partial charge in [-0.05, 0) is 31.0 Å². The van der Waals surface area contributed by atoms with E-state index in [2.05, 4.69) is 27.5 Å². The molecule has 1 aromatic heterocycles. The van der Waals surface area contributed by atoms with Crippen LogP contribution in [-0.4, -0.2) is 37.1 Å². The first-order valence-corrected chi connectivity index (χ1v) is 9.88. The van der Waals surface area contributed by atoms with Crippen LogP contribution >= 0.6 is 35.3 Å². The molecular weight excluding hydrogens is 497 g/mol. The molecule has 5 nitrogen and oxygen atoms in total. The molecule has 28 heavy (non-hydrogen) atoms. The Morgan fingerprint density at radius 2 is 2.11 bits per heavy atom. The Balaban J connectivity index is 0.00000392. The Kier molecular flexibility index (Phi) is 12.0. The summed E-state index contributed by atoms with van der Waals surface area (Å²) in [7, 11) is 0. The molecule has 2 N–H and O–H groups in total. The fourth-order valence-corrected chi connectivity index (χ4v) is 3.18. The SMILES string of the molecule is CCNC(=NCc1cccc(OCC(F)F)c1)NCCc1ncc(CC)s1.I. The molecule has 0 amide bonds. The highest BCUT2D eigenvalue weighted by atomic mass is 127. The highest BCUT2D eigenvalue weighted by molar-refractivity contribution is 14.0. The number of guanidine groups is 1. The predicted octanol–water partition coefficient (Wildman–Crippen LogP) is 4.27. The Morgan fingerprint density at radius 3 is 2.79 bits per heavy atom. The predicted molar refractivity (Wildman–Crippen MR) is 121 cm³/mol. The lowest BCUT2D eigenvalue weighted by atomic mass is 10.2. The van der Waals surface area contributed by atoms with Gasteiger partial charge in [0.25, 0.3) is 6.43 Å². The van der Waals surface area contributed by atoms with Gasteiger partial charge in [0.05, 0.1) is 11.6 Å². The number of rotatable bonds is 10. The van der Waals surface area contributed by atoms with Gasteiger partial charge < -0.3 is 15.4 Å². The lowest BCUT2D eigenvalue weighted by molar-refractivity contribution is 0.0818. The smallest absolute Gasteiger partial charge is 0.272 e. The molecule has 0 aliphatic carbocycles. The second-order valence-electron chi connectivity index (χ2n) is 5.80. The van der Waals surface area contributed by atoms with Crippen molar-refractivity contribution in [3.05, 3.63) is 45.9 Å². The molecule has 0 radical (unpaired) electrons. The van der Waals surface area contributed by atoms with Crippen LogP contribution in [-0.2, 0) is 19.4 Å². The van der Waals surface area contributed by atoms with Crippen LogP contribution in [0.15, 0.2) is 35.5 Å². The fraction of sp³-hybridized carbons (Fsp3) is 0.474. The number of aliphatic imine (C=N–C) groups is 1. The molecule has 0 fully saturated rings. The normalized spacial score (nSPS) is 11.2. The van der Waals surface area contributed by atoms with Gasteiger partial charge in [-0.1, -0.05) is 19.1 Å². The van der Waals surface area contributed by atoms with E-state index in [-0.39, 0.29) is 24.0 Å². The third-order valence-corrected chi connectivity index (χ3v) is 4.82. The van der Waals surface area contributed by atoms with Gasteiger partial charge in [0, 0.05) is 30.6 Å². The van der Waals surface area contributed by atoms with Crippen molar-refractivity contribution in [3.8, 4) is 5.75 Å². The maximum absolute atomic E-state index is 12.3. The molecular formula is C19H27F2IN4OS. The zero-order chi connectivity index (χ0) is 19.5. The first-order chi connectivity index (χ1) is 13.1. The van der Waals surface area contributed by atoms with E-state index >= 15 is 0 Å². The minimum absolute atomic E-state index is 0. The highest BCUT2D eigenvalue weighted by Gasteiger charge is 2.05. The summed E-state index contributed by atoms with van der Waals surface area (Å²) in [6.07, 6.45) is 1.30. The lowest BCUT2D eigenvalue weighted by Crippen LogP contribution is -2.38. The van der Waals surface area contributed by atoms with E-state index in [1.807, 2.05) is 19.2 Å². The van der Waals surface area contributed by atoms with Crippen LogP contribution in [0.2, 0.25) is 0 Å². The van der Waals surface area contributed by atoms with Crippen molar-refractivity contribution < 1.29 is 13.5 Å². The Bertz CT molecular complexity index is 727. The maximum atomic E-state index is 12.3. The van der Waals surface area contributed by atoms with E-state index in [0.29, 0.717) is 18.3 Å². The number of alkyl halides is 2. The van der Waals surface area contributed by atoms with Crippen LogP contribution < -0.4 is 15.4 Å². The molecule has 2 rings (SSSR count). The number of nitrogens with zero attached hydrogens (tertiary/aromatic N) is 2. The summed E-state index contributed by atoms with van der Waals surface area (Å²) < 4.78 is 29.6.